The molecule has 1 unspecified atom stereocenters. The third-order valence-electron chi connectivity index (χ3n) is 3.67. The minimum Gasteiger partial charge on any atom is -0.384 e. The molecule has 2 aromatic heterocycles. The molecule has 2 heterocycles. The molecule has 120 valence electrons. The Morgan fingerprint density at radius 3 is 2.78 bits per heavy atom. The third kappa shape index (κ3) is 4.00. The lowest BCUT2D eigenvalue weighted by atomic mass is 9.99. The van der Waals surface area contributed by atoms with Gasteiger partial charge in [-0.25, -0.2) is 4.68 Å². The van der Waals surface area contributed by atoms with Crippen molar-refractivity contribution in [1.82, 2.24) is 15.1 Å². The molecule has 4 nitrogen and oxygen atoms in total. The van der Waals surface area contributed by atoms with Gasteiger partial charge in [-0.15, -0.1) is 0 Å². The number of aromatic nitrogens is 2. The molecule has 0 radical (unpaired) electrons. The van der Waals surface area contributed by atoms with Crippen molar-refractivity contribution in [2.24, 2.45) is 0 Å². The monoisotopic (exact) mass is 347 g/mol. The summed E-state index contributed by atoms with van der Waals surface area (Å²) in [7, 11) is 0. The standard InChI is InChI=1S/C17H18ClN3OS/c1-17(22,14-6-7-23-11-14)12-19-8-13-9-20-21(10-13)16-4-2-15(18)3-5-16/h2-7,9-11,19,22H,8,12H2,1H3. The fourth-order valence-corrected chi connectivity index (χ4v) is 3.22. The summed E-state index contributed by atoms with van der Waals surface area (Å²) in [4.78, 5) is 0. The summed E-state index contributed by atoms with van der Waals surface area (Å²) >= 11 is 7.48. The molecule has 0 aliphatic rings. The van der Waals surface area contributed by atoms with Crippen molar-refractivity contribution in [2.75, 3.05) is 6.54 Å². The molecule has 1 atom stereocenters. The third-order valence-corrected chi connectivity index (χ3v) is 4.60. The lowest BCUT2D eigenvalue weighted by Gasteiger charge is -2.22. The van der Waals surface area contributed by atoms with Crippen LogP contribution in [-0.4, -0.2) is 21.4 Å². The SMILES string of the molecule is CC(O)(CNCc1cnn(-c2ccc(Cl)cc2)c1)c1ccsc1. The molecule has 3 aromatic rings. The van der Waals surface area contributed by atoms with Gasteiger partial charge in [-0.2, -0.15) is 16.4 Å². The first-order valence-corrected chi connectivity index (χ1v) is 8.62. The summed E-state index contributed by atoms with van der Waals surface area (Å²) in [5.74, 6) is 0. The number of benzene rings is 1. The van der Waals surface area contributed by atoms with Crippen LogP contribution >= 0.6 is 22.9 Å². The van der Waals surface area contributed by atoms with E-state index in [1.165, 1.54) is 0 Å². The summed E-state index contributed by atoms with van der Waals surface area (Å²) in [6, 6.07) is 9.48. The molecule has 0 amide bonds. The Bertz CT molecular complexity index is 751. The Kier molecular flexibility index (Phi) is 4.82. The van der Waals surface area contributed by atoms with Gasteiger partial charge in [-0.05, 0) is 53.6 Å². The number of hydrogen-bond donors (Lipinski definition) is 2. The van der Waals surface area contributed by atoms with Gasteiger partial charge in [0, 0.05) is 29.9 Å². The first-order valence-electron chi connectivity index (χ1n) is 7.30. The first kappa shape index (κ1) is 16.2. The summed E-state index contributed by atoms with van der Waals surface area (Å²) in [6.45, 7) is 2.95. The number of aliphatic hydroxyl groups is 1. The fourth-order valence-electron chi connectivity index (χ4n) is 2.31. The molecule has 0 spiro atoms. The van der Waals surface area contributed by atoms with E-state index >= 15 is 0 Å². The van der Waals surface area contributed by atoms with Gasteiger partial charge in [0.25, 0.3) is 0 Å². The highest BCUT2D eigenvalue weighted by Crippen LogP contribution is 2.22. The van der Waals surface area contributed by atoms with E-state index in [1.54, 1.807) is 11.3 Å². The maximum absolute atomic E-state index is 10.5. The molecule has 23 heavy (non-hydrogen) atoms. The maximum Gasteiger partial charge on any atom is 0.1000 e. The zero-order valence-electron chi connectivity index (χ0n) is 12.7. The maximum atomic E-state index is 10.5. The van der Waals surface area contributed by atoms with Gasteiger partial charge in [0.1, 0.15) is 0 Å². The second-order valence-electron chi connectivity index (χ2n) is 5.66. The Labute approximate surface area is 144 Å². The van der Waals surface area contributed by atoms with E-state index in [4.69, 9.17) is 11.6 Å². The van der Waals surface area contributed by atoms with Crippen molar-refractivity contribution >= 4 is 22.9 Å². The average Bonchev–Trinajstić information content (AvgIpc) is 3.19. The van der Waals surface area contributed by atoms with Gasteiger partial charge < -0.3 is 10.4 Å². The van der Waals surface area contributed by atoms with Crippen molar-refractivity contribution in [3.63, 3.8) is 0 Å². The number of halogens is 1. The van der Waals surface area contributed by atoms with E-state index in [-0.39, 0.29) is 0 Å². The zero-order valence-corrected chi connectivity index (χ0v) is 14.3. The molecular formula is C17H18ClN3OS. The summed E-state index contributed by atoms with van der Waals surface area (Å²) in [5.41, 5.74) is 2.09. The highest BCUT2D eigenvalue weighted by Gasteiger charge is 2.22. The van der Waals surface area contributed by atoms with Gasteiger partial charge in [0.05, 0.1) is 17.5 Å². The number of thiophene rings is 1. The van der Waals surface area contributed by atoms with Crippen LogP contribution in [-0.2, 0) is 12.1 Å². The highest BCUT2D eigenvalue weighted by molar-refractivity contribution is 7.08. The zero-order chi connectivity index (χ0) is 16.3. The van der Waals surface area contributed by atoms with Crippen molar-refractivity contribution in [3.8, 4) is 5.69 Å². The summed E-state index contributed by atoms with van der Waals surface area (Å²) in [5, 5.41) is 22.8. The second kappa shape index (κ2) is 6.84. The van der Waals surface area contributed by atoms with Gasteiger partial charge >= 0.3 is 0 Å². The van der Waals surface area contributed by atoms with Crippen molar-refractivity contribution in [3.05, 3.63) is 69.6 Å². The normalized spacial score (nSPS) is 13.9. The minimum absolute atomic E-state index is 0.482. The molecule has 0 aliphatic heterocycles. The van der Waals surface area contributed by atoms with Gasteiger partial charge in [0.2, 0.25) is 0 Å². The van der Waals surface area contributed by atoms with Crippen molar-refractivity contribution in [2.45, 2.75) is 19.1 Å². The van der Waals surface area contributed by atoms with Crippen LogP contribution in [0.2, 0.25) is 5.02 Å². The van der Waals surface area contributed by atoms with E-state index in [9.17, 15) is 5.11 Å². The molecular weight excluding hydrogens is 330 g/mol. The Hall–Kier alpha value is -1.66. The number of hydrogen-bond acceptors (Lipinski definition) is 4. The molecule has 0 saturated heterocycles. The fraction of sp³-hybridized carbons (Fsp3) is 0.235. The largest absolute Gasteiger partial charge is 0.384 e. The molecule has 0 saturated carbocycles. The average molecular weight is 348 g/mol. The van der Waals surface area contributed by atoms with Crippen molar-refractivity contribution in [1.29, 1.82) is 0 Å². The van der Waals surface area contributed by atoms with Crippen LogP contribution in [0, 0.1) is 0 Å². The summed E-state index contributed by atoms with van der Waals surface area (Å²) < 4.78 is 1.81. The predicted molar refractivity (Wildman–Crippen MR) is 94.2 cm³/mol. The van der Waals surface area contributed by atoms with Crippen LogP contribution in [0.1, 0.15) is 18.1 Å². The topological polar surface area (TPSA) is 50.1 Å². The molecule has 0 fully saturated rings. The quantitative estimate of drug-likeness (QED) is 0.716. The Morgan fingerprint density at radius 1 is 1.30 bits per heavy atom. The smallest absolute Gasteiger partial charge is 0.1000 e. The molecule has 0 aliphatic carbocycles. The highest BCUT2D eigenvalue weighted by atomic mass is 35.5. The van der Waals surface area contributed by atoms with Crippen LogP contribution in [0.5, 0.6) is 0 Å². The lowest BCUT2D eigenvalue weighted by Crippen LogP contribution is -2.34. The van der Waals surface area contributed by atoms with E-state index < -0.39 is 5.60 Å². The van der Waals surface area contributed by atoms with Crippen LogP contribution < -0.4 is 5.32 Å². The number of nitrogens with one attached hydrogen (secondary N) is 1. The predicted octanol–water partition coefficient (Wildman–Crippen LogP) is 3.58. The number of nitrogens with zero attached hydrogens (tertiary/aromatic N) is 2. The summed E-state index contributed by atoms with van der Waals surface area (Å²) in [6.07, 6.45) is 3.79. The van der Waals surface area contributed by atoms with Gasteiger partial charge in [0.15, 0.2) is 0 Å². The first-order chi connectivity index (χ1) is 11.0. The Balaban J connectivity index is 1.58. The van der Waals surface area contributed by atoms with Crippen LogP contribution in [0.25, 0.3) is 5.69 Å². The van der Waals surface area contributed by atoms with Gasteiger partial charge in [-0.1, -0.05) is 11.6 Å². The molecule has 0 bridgehead atoms. The number of rotatable bonds is 6. The molecule has 2 N–H and O–H groups in total. The van der Waals surface area contributed by atoms with Gasteiger partial charge in [-0.3, -0.25) is 0 Å². The van der Waals surface area contributed by atoms with E-state index in [0.29, 0.717) is 18.1 Å². The Morgan fingerprint density at radius 2 is 2.09 bits per heavy atom. The van der Waals surface area contributed by atoms with Crippen LogP contribution in [0.15, 0.2) is 53.5 Å². The van der Waals surface area contributed by atoms with E-state index in [1.807, 2.05) is 65.1 Å². The van der Waals surface area contributed by atoms with E-state index in [0.717, 1.165) is 16.8 Å². The second-order valence-corrected chi connectivity index (χ2v) is 6.88. The van der Waals surface area contributed by atoms with Crippen LogP contribution in [0.4, 0.5) is 0 Å². The van der Waals surface area contributed by atoms with E-state index in [2.05, 4.69) is 10.4 Å². The molecule has 6 heteroatoms. The van der Waals surface area contributed by atoms with Crippen molar-refractivity contribution < 1.29 is 5.11 Å². The minimum atomic E-state index is -0.869. The lowest BCUT2D eigenvalue weighted by molar-refractivity contribution is 0.0571. The molecule has 1 aromatic carbocycles. The van der Waals surface area contributed by atoms with Crippen LogP contribution in [0.3, 0.4) is 0 Å². The molecule has 3 rings (SSSR count).